The van der Waals surface area contributed by atoms with Crippen LogP contribution in [0.4, 0.5) is 0 Å². The smallest absolute Gasteiger partial charge is 0.276 e. The molecule has 2 fully saturated rings. The van der Waals surface area contributed by atoms with Crippen molar-refractivity contribution in [2.24, 2.45) is 5.41 Å². The number of carbonyl (C=O) groups is 2. The number of hydrogen-bond acceptors (Lipinski definition) is 4. The van der Waals surface area contributed by atoms with Crippen LogP contribution in [0.15, 0.2) is 40.9 Å². The Labute approximate surface area is 171 Å². The van der Waals surface area contributed by atoms with Crippen LogP contribution >= 0.6 is 0 Å². The second kappa shape index (κ2) is 8.39. The van der Waals surface area contributed by atoms with E-state index in [-0.39, 0.29) is 17.2 Å². The molecule has 2 saturated heterocycles. The molecule has 2 amide bonds. The summed E-state index contributed by atoms with van der Waals surface area (Å²) in [4.78, 5) is 29.1. The van der Waals surface area contributed by atoms with Crippen molar-refractivity contribution >= 4 is 11.8 Å². The van der Waals surface area contributed by atoms with Crippen molar-refractivity contribution in [3.8, 4) is 0 Å². The summed E-state index contributed by atoms with van der Waals surface area (Å²) >= 11 is 0. The van der Waals surface area contributed by atoms with Gasteiger partial charge < -0.3 is 14.3 Å². The Morgan fingerprint density at radius 2 is 1.97 bits per heavy atom. The SMILES string of the molecule is CCc1cc(C(=O)N2CCC3(CC2)CC(=O)N(CCCc2ccccc2)C3)no1. The number of aryl methyl sites for hydroxylation is 2. The molecule has 29 heavy (non-hydrogen) atoms. The van der Waals surface area contributed by atoms with E-state index < -0.39 is 0 Å². The van der Waals surface area contributed by atoms with Crippen LogP contribution in [0.3, 0.4) is 0 Å². The molecule has 2 aliphatic heterocycles. The molecule has 1 aromatic heterocycles. The molecule has 3 heterocycles. The maximum atomic E-state index is 12.7. The molecule has 1 aromatic carbocycles. The third-order valence-electron chi connectivity index (χ3n) is 6.38. The molecule has 0 atom stereocenters. The van der Waals surface area contributed by atoms with Crippen LogP contribution in [0.2, 0.25) is 0 Å². The Morgan fingerprint density at radius 1 is 1.21 bits per heavy atom. The fourth-order valence-electron chi connectivity index (χ4n) is 4.57. The Morgan fingerprint density at radius 3 is 2.66 bits per heavy atom. The average Bonchev–Trinajstić information content (AvgIpc) is 3.34. The molecule has 0 unspecified atom stereocenters. The van der Waals surface area contributed by atoms with Crippen LogP contribution in [0.5, 0.6) is 0 Å². The first-order chi connectivity index (χ1) is 14.1. The van der Waals surface area contributed by atoms with E-state index in [2.05, 4.69) is 29.4 Å². The van der Waals surface area contributed by atoms with Gasteiger partial charge in [0.05, 0.1) is 0 Å². The first kappa shape index (κ1) is 19.7. The molecular formula is C23H29N3O3. The first-order valence-electron chi connectivity index (χ1n) is 10.7. The van der Waals surface area contributed by atoms with Gasteiger partial charge in [0, 0.05) is 50.5 Å². The van der Waals surface area contributed by atoms with Crippen molar-refractivity contribution in [3.05, 3.63) is 53.4 Å². The topological polar surface area (TPSA) is 66.7 Å². The van der Waals surface area contributed by atoms with Gasteiger partial charge in [-0.25, -0.2) is 0 Å². The summed E-state index contributed by atoms with van der Waals surface area (Å²) in [5.41, 5.74) is 1.74. The molecule has 0 N–H and O–H groups in total. The molecule has 2 aliphatic rings. The van der Waals surface area contributed by atoms with Crippen LogP contribution < -0.4 is 0 Å². The van der Waals surface area contributed by atoms with Gasteiger partial charge in [-0.05, 0) is 31.2 Å². The number of benzene rings is 1. The molecule has 0 aliphatic carbocycles. The summed E-state index contributed by atoms with van der Waals surface area (Å²) in [5.74, 6) is 0.934. The van der Waals surface area contributed by atoms with Crippen molar-refractivity contribution in [2.45, 2.75) is 45.4 Å². The number of aromatic nitrogens is 1. The van der Waals surface area contributed by atoms with Gasteiger partial charge in [0.2, 0.25) is 5.91 Å². The van der Waals surface area contributed by atoms with Gasteiger partial charge in [0.25, 0.3) is 5.91 Å². The molecule has 2 aromatic rings. The zero-order chi connectivity index (χ0) is 20.3. The Kier molecular flexibility index (Phi) is 5.69. The van der Waals surface area contributed by atoms with Gasteiger partial charge in [-0.1, -0.05) is 42.4 Å². The van der Waals surface area contributed by atoms with Crippen molar-refractivity contribution in [2.75, 3.05) is 26.2 Å². The average molecular weight is 396 g/mol. The monoisotopic (exact) mass is 395 g/mol. The maximum Gasteiger partial charge on any atom is 0.276 e. The van der Waals surface area contributed by atoms with Crippen molar-refractivity contribution in [1.29, 1.82) is 0 Å². The Bertz CT molecular complexity index is 853. The number of hydrogen-bond donors (Lipinski definition) is 0. The van der Waals surface area contributed by atoms with E-state index in [4.69, 9.17) is 4.52 Å². The van der Waals surface area contributed by atoms with E-state index in [9.17, 15) is 9.59 Å². The third kappa shape index (κ3) is 4.36. The third-order valence-corrected chi connectivity index (χ3v) is 6.38. The fourth-order valence-corrected chi connectivity index (χ4v) is 4.57. The lowest BCUT2D eigenvalue weighted by Gasteiger charge is -2.38. The summed E-state index contributed by atoms with van der Waals surface area (Å²) in [7, 11) is 0. The molecular weight excluding hydrogens is 366 g/mol. The van der Waals surface area contributed by atoms with E-state index >= 15 is 0 Å². The lowest BCUT2D eigenvalue weighted by Crippen LogP contribution is -2.44. The zero-order valence-electron chi connectivity index (χ0n) is 17.1. The molecule has 0 radical (unpaired) electrons. The van der Waals surface area contributed by atoms with Crippen LogP contribution in [0.25, 0.3) is 0 Å². The minimum atomic E-state index is -0.0626. The molecule has 1 spiro atoms. The van der Waals surface area contributed by atoms with Crippen molar-refractivity contribution in [3.63, 3.8) is 0 Å². The van der Waals surface area contributed by atoms with Crippen LogP contribution in [-0.4, -0.2) is 52.9 Å². The number of amides is 2. The van der Waals surface area contributed by atoms with E-state index in [0.717, 1.165) is 51.0 Å². The quantitative estimate of drug-likeness (QED) is 0.753. The summed E-state index contributed by atoms with van der Waals surface area (Å²) in [6, 6.07) is 12.2. The van der Waals surface area contributed by atoms with Gasteiger partial charge in [0.1, 0.15) is 5.76 Å². The van der Waals surface area contributed by atoms with E-state index in [0.29, 0.717) is 25.2 Å². The highest BCUT2D eigenvalue weighted by Gasteiger charge is 2.45. The van der Waals surface area contributed by atoms with E-state index in [1.54, 1.807) is 6.07 Å². The zero-order valence-corrected chi connectivity index (χ0v) is 17.1. The lowest BCUT2D eigenvalue weighted by molar-refractivity contribution is -0.127. The van der Waals surface area contributed by atoms with Gasteiger partial charge >= 0.3 is 0 Å². The Hall–Kier alpha value is -2.63. The second-order valence-corrected chi connectivity index (χ2v) is 8.41. The van der Waals surface area contributed by atoms with E-state index in [1.807, 2.05) is 22.8 Å². The van der Waals surface area contributed by atoms with Gasteiger partial charge in [-0.2, -0.15) is 0 Å². The summed E-state index contributed by atoms with van der Waals surface area (Å²) in [6.07, 6.45) is 5.08. The highest BCUT2D eigenvalue weighted by molar-refractivity contribution is 5.92. The standard InChI is InChI=1S/C23H29N3O3/c1-2-19-15-20(24-29-19)22(28)25-13-10-23(11-14-25)16-21(27)26(17-23)12-6-9-18-7-4-3-5-8-18/h3-5,7-8,15H,2,6,9-14,16-17H2,1H3. The first-order valence-corrected chi connectivity index (χ1v) is 10.7. The molecule has 154 valence electrons. The summed E-state index contributed by atoms with van der Waals surface area (Å²) < 4.78 is 5.17. The fraction of sp³-hybridized carbons (Fsp3) is 0.522. The van der Waals surface area contributed by atoms with Gasteiger partial charge in [-0.15, -0.1) is 0 Å². The predicted octanol–water partition coefficient (Wildman–Crippen LogP) is 3.32. The van der Waals surface area contributed by atoms with E-state index in [1.165, 1.54) is 5.56 Å². The van der Waals surface area contributed by atoms with Crippen LogP contribution in [0.1, 0.15) is 54.4 Å². The molecule has 0 bridgehead atoms. The molecule has 6 heteroatoms. The summed E-state index contributed by atoms with van der Waals surface area (Å²) in [6.45, 7) is 4.97. The number of likely N-dealkylation sites (tertiary alicyclic amines) is 2. The normalized spacial score (nSPS) is 18.6. The van der Waals surface area contributed by atoms with Crippen LogP contribution in [0, 0.1) is 5.41 Å². The minimum absolute atomic E-state index is 0.0268. The highest BCUT2D eigenvalue weighted by Crippen LogP contribution is 2.41. The maximum absolute atomic E-state index is 12.7. The largest absolute Gasteiger partial charge is 0.361 e. The van der Waals surface area contributed by atoms with Gasteiger partial charge in [0.15, 0.2) is 5.69 Å². The van der Waals surface area contributed by atoms with Crippen molar-refractivity contribution < 1.29 is 14.1 Å². The van der Waals surface area contributed by atoms with Crippen molar-refractivity contribution in [1.82, 2.24) is 15.0 Å². The molecule has 6 nitrogen and oxygen atoms in total. The predicted molar refractivity (Wildman–Crippen MR) is 109 cm³/mol. The number of piperidine rings is 1. The molecule has 4 rings (SSSR count). The lowest BCUT2D eigenvalue weighted by atomic mass is 9.77. The Balaban J connectivity index is 1.28. The van der Waals surface area contributed by atoms with Crippen LogP contribution in [-0.2, 0) is 17.6 Å². The number of carbonyl (C=O) groups excluding carboxylic acids is 2. The summed E-state index contributed by atoms with van der Waals surface area (Å²) in [5, 5.41) is 3.91. The highest BCUT2D eigenvalue weighted by atomic mass is 16.5. The minimum Gasteiger partial charge on any atom is -0.361 e. The second-order valence-electron chi connectivity index (χ2n) is 8.41. The van der Waals surface area contributed by atoms with Gasteiger partial charge in [-0.3, -0.25) is 9.59 Å². The molecule has 0 saturated carbocycles. The number of nitrogens with zero attached hydrogens (tertiary/aromatic N) is 3. The number of rotatable bonds is 6.